The third-order valence-corrected chi connectivity index (χ3v) is 3.64. The Morgan fingerprint density at radius 2 is 1.92 bits per heavy atom. The molecule has 1 N–H and O–H groups in total. The quantitative estimate of drug-likeness (QED) is 0.554. The van der Waals surface area contributed by atoms with Crippen molar-refractivity contribution in [2.24, 2.45) is 0 Å². The van der Waals surface area contributed by atoms with E-state index in [4.69, 9.17) is 14.7 Å². The third kappa shape index (κ3) is 5.51. The van der Waals surface area contributed by atoms with Gasteiger partial charge in [-0.15, -0.1) is 0 Å². The van der Waals surface area contributed by atoms with Gasteiger partial charge in [-0.3, -0.25) is 4.79 Å². The standard InChI is InChI=1S/C18H25N3O3/c1-5-21(6-2)13-15(12-19)18(22)20-10-9-14-7-8-16(23-3)17(11-14)24-4/h7-8,11,13H,5-6,9-10H2,1-4H3,(H,20,22)/b15-13-. The number of methoxy groups -OCH3 is 2. The van der Waals surface area contributed by atoms with E-state index in [1.165, 1.54) is 0 Å². The molecule has 0 aliphatic rings. The number of hydrogen-bond acceptors (Lipinski definition) is 5. The van der Waals surface area contributed by atoms with Crippen LogP contribution >= 0.6 is 0 Å². The van der Waals surface area contributed by atoms with Crippen molar-refractivity contribution in [1.29, 1.82) is 5.26 Å². The van der Waals surface area contributed by atoms with Gasteiger partial charge in [0, 0.05) is 25.8 Å². The number of ether oxygens (including phenoxy) is 2. The normalized spacial score (nSPS) is 10.7. The molecule has 0 saturated heterocycles. The van der Waals surface area contributed by atoms with Crippen LogP contribution in [-0.2, 0) is 11.2 Å². The lowest BCUT2D eigenvalue weighted by molar-refractivity contribution is -0.117. The first-order valence-corrected chi connectivity index (χ1v) is 7.94. The van der Waals surface area contributed by atoms with E-state index in [0.29, 0.717) is 24.5 Å². The predicted molar refractivity (Wildman–Crippen MR) is 92.9 cm³/mol. The Kier molecular flexibility index (Phi) is 8.20. The minimum Gasteiger partial charge on any atom is -0.493 e. The molecule has 0 saturated carbocycles. The van der Waals surface area contributed by atoms with Gasteiger partial charge in [0.2, 0.25) is 0 Å². The second kappa shape index (κ2) is 10.2. The molecule has 0 aromatic heterocycles. The third-order valence-electron chi connectivity index (χ3n) is 3.64. The molecule has 0 aliphatic carbocycles. The highest BCUT2D eigenvalue weighted by Crippen LogP contribution is 2.27. The van der Waals surface area contributed by atoms with Crippen LogP contribution in [0.4, 0.5) is 0 Å². The first kappa shape index (κ1) is 19.4. The van der Waals surface area contributed by atoms with Gasteiger partial charge in [-0.25, -0.2) is 0 Å². The number of nitriles is 1. The van der Waals surface area contributed by atoms with Crippen LogP contribution in [0, 0.1) is 11.3 Å². The van der Waals surface area contributed by atoms with Crippen molar-refractivity contribution in [2.75, 3.05) is 33.9 Å². The fraction of sp³-hybridized carbons (Fsp3) is 0.444. The highest BCUT2D eigenvalue weighted by Gasteiger charge is 2.10. The van der Waals surface area contributed by atoms with E-state index in [1.54, 1.807) is 20.4 Å². The zero-order valence-corrected chi connectivity index (χ0v) is 14.8. The summed E-state index contributed by atoms with van der Waals surface area (Å²) in [6.07, 6.45) is 2.24. The van der Waals surface area contributed by atoms with Crippen LogP contribution in [0.25, 0.3) is 0 Å². The summed E-state index contributed by atoms with van der Waals surface area (Å²) in [5.41, 5.74) is 1.13. The Hall–Kier alpha value is -2.68. The molecule has 0 bridgehead atoms. The molecule has 1 aromatic carbocycles. The SMILES string of the molecule is CCN(/C=C(/C#N)C(=O)NCCc1ccc(OC)c(OC)c1)CC. The van der Waals surface area contributed by atoms with Gasteiger partial charge >= 0.3 is 0 Å². The Labute approximate surface area is 143 Å². The van der Waals surface area contributed by atoms with Crippen LogP contribution in [-0.4, -0.2) is 44.7 Å². The van der Waals surface area contributed by atoms with E-state index in [0.717, 1.165) is 18.7 Å². The summed E-state index contributed by atoms with van der Waals surface area (Å²) in [4.78, 5) is 14.0. The minimum atomic E-state index is -0.357. The van der Waals surface area contributed by atoms with Crippen molar-refractivity contribution in [1.82, 2.24) is 10.2 Å². The van der Waals surface area contributed by atoms with E-state index in [1.807, 2.05) is 43.0 Å². The van der Waals surface area contributed by atoms with Crippen molar-refractivity contribution >= 4 is 5.91 Å². The summed E-state index contributed by atoms with van der Waals surface area (Å²) in [6, 6.07) is 7.58. The molecule has 0 spiro atoms. The lowest BCUT2D eigenvalue weighted by Crippen LogP contribution is -2.28. The molecule has 0 unspecified atom stereocenters. The second-order valence-electron chi connectivity index (χ2n) is 5.07. The molecule has 0 radical (unpaired) electrons. The number of benzene rings is 1. The largest absolute Gasteiger partial charge is 0.493 e. The molecule has 130 valence electrons. The maximum absolute atomic E-state index is 12.1. The number of nitrogens with zero attached hydrogens (tertiary/aromatic N) is 2. The monoisotopic (exact) mass is 331 g/mol. The van der Waals surface area contributed by atoms with Gasteiger partial charge in [0.05, 0.1) is 14.2 Å². The lowest BCUT2D eigenvalue weighted by atomic mass is 10.1. The van der Waals surface area contributed by atoms with Crippen LogP contribution in [0.5, 0.6) is 11.5 Å². The van der Waals surface area contributed by atoms with E-state index < -0.39 is 0 Å². The molecule has 1 aromatic rings. The molecule has 0 fully saturated rings. The summed E-state index contributed by atoms with van der Waals surface area (Å²) in [5.74, 6) is 0.963. The summed E-state index contributed by atoms with van der Waals surface area (Å²) < 4.78 is 10.5. The first-order chi connectivity index (χ1) is 11.6. The molecular weight excluding hydrogens is 306 g/mol. The van der Waals surface area contributed by atoms with Crippen molar-refractivity contribution in [3.05, 3.63) is 35.5 Å². The highest BCUT2D eigenvalue weighted by atomic mass is 16.5. The number of nitrogens with one attached hydrogen (secondary N) is 1. The molecule has 6 heteroatoms. The summed E-state index contributed by atoms with van der Waals surface area (Å²) >= 11 is 0. The average molecular weight is 331 g/mol. The lowest BCUT2D eigenvalue weighted by Gasteiger charge is -2.15. The summed E-state index contributed by atoms with van der Waals surface area (Å²) in [7, 11) is 3.17. The summed E-state index contributed by atoms with van der Waals surface area (Å²) in [5, 5.41) is 11.9. The van der Waals surface area contributed by atoms with Crippen LogP contribution in [0.2, 0.25) is 0 Å². The molecule has 0 atom stereocenters. The maximum Gasteiger partial charge on any atom is 0.263 e. The van der Waals surface area contributed by atoms with Crippen molar-refractivity contribution in [2.45, 2.75) is 20.3 Å². The van der Waals surface area contributed by atoms with Crippen molar-refractivity contribution < 1.29 is 14.3 Å². The zero-order valence-electron chi connectivity index (χ0n) is 14.8. The number of hydrogen-bond donors (Lipinski definition) is 1. The van der Waals surface area contributed by atoms with Crippen LogP contribution in [0.15, 0.2) is 30.0 Å². The molecule has 24 heavy (non-hydrogen) atoms. The van der Waals surface area contributed by atoms with Gasteiger partial charge in [0.1, 0.15) is 11.6 Å². The van der Waals surface area contributed by atoms with Gasteiger partial charge in [0.15, 0.2) is 11.5 Å². The van der Waals surface area contributed by atoms with Crippen molar-refractivity contribution in [3.8, 4) is 17.6 Å². The highest BCUT2D eigenvalue weighted by molar-refractivity contribution is 5.97. The Morgan fingerprint density at radius 1 is 1.25 bits per heavy atom. The topological polar surface area (TPSA) is 74.6 Å². The van der Waals surface area contributed by atoms with Gasteiger partial charge in [0.25, 0.3) is 5.91 Å². The fourth-order valence-electron chi connectivity index (χ4n) is 2.18. The zero-order chi connectivity index (χ0) is 17.9. The Morgan fingerprint density at radius 3 is 2.46 bits per heavy atom. The van der Waals surface area contributed by atoms with Crippen molar-refractivity contribution in [3.63, 3.8) is 0 Å². The molecule has 0 aliphatic heterocycles. The number of carbonyl (C=O) groups excluding carboxylic acids is 1. The van der Waals surface area contributed by atoms with Gasteiger partial charge in [-0.05, 0) is 38.0 Å². The molecule has 1 amide bonds. The molecular formula is C18H25N3O3. The predicted octanol–water partition coefficient (Wildman–Crippen LogP) is 2.11. The Balaban J connectivity index is 2.63. The van der Waals surface area contributed by atoms with E-state index >= 15 is 0 Å². The van der Waals surface area contributed by atoms with E-state index in [2.05, 4.69) is 5.32 Å². The average Bonchev–Trinajstić information content (AvgIpc) is 2.62. The minimum absolute atomic E-state index is 0.117. The summed E-state index contributed by atoms with van der Waals surface area (Å²) in [6.45, 7) is 5.89. The van der Waals surface area contributed by atoms with E-state index in [-0.39, 0.29) is 11.5 Å². The van der Waals surface area contributed by atoms with E-state index in [9.17, 15) is 4.79 Å². The van der Waals surface area contributed by atoms with Gasteiger partial charge in [-0.1, -0.05) is 6.07 Å². The number of carbonyl (C=O) groups is 1. The maximum atomic E-state index is 12.1. The van der Waals surface area contributed by atoms with Gasteiger partial charge in [-0.2, -0.15) is 5.26 Å². The van der Waals surface area contributed by atoms with Crippen LogP contribution < -0.4 is 14.8 Å². The number of amides is 1. The molecule has 6 nitrogen and oxygen atoms in total. The molecule has 0 heterocycles. The smallest absolute Gasteiger partial charge is 0.263 e. The first-order valence-electron chi connectivity index (χ1n) is 7.94. The second-order valence-corrected chi connectivity index (χ2v) is 5.07. The number of rotatable bonds is 9. The van der Waals surface area contributed by atoms with Crippen LogP contribution in [0.3, 0.4) is 0 Å². The molecule has 1 rings (SSSR count). The Bertz CT molecular complexity index is 616. The van der Waals surface area contributed by atoms with Gasteiger partial charge < -0.3 is 19.7 Å². The van der Waals surface area contributed by atoms with Crippen LogP contribution in [0.1, 0.15) is 19.4 Å². The fourth-order valence-corrected chi connectivity index (χ4v) is 2.18.